The summed E-state index contributed by atoms with van der Waals surface area (Å²) in [5, 5.41) is 4.97. The van der Waals surface area contributed by atoms with E-state index in [0.717, 1.165) is 12.5 Å². The van der Waals surface area contributed by atoms with E-state index in [1.807, 2.05) is 11.8 Å². The summed E-state index contributed by atoms with van der Waals surface area (Å²) in [5.74, 6) is 2.25. The molecule has 0 unspecified atom stereocenters. The maximum absolute atomic E-state index is 4.76. The van der Waals surface area contributed by atoms with Crippen LogP contribution in [0.2, 0.25) is 0 Å². The molecule has 3 fully saturated rings. The van der Waals surface area contributed by atoms with Crippen LogP contribution in [0.5, 0.6) is 0 Å². The van der Waals surface area contributed by atoms with E-state index in [1.54, 1.807) is 0 Å². The molecule has 1 spiro atoms. The molecule has 2 saturated carbocycles. The van der Waals surface area contributed by atoms with Crippen LogP contribution in [-0.2, 0) is 0 Å². The van der Waals surface area contributed by atoms with Crippen molar-refractivity contribution in [1.29, 1.82) is 0 Å². The predicted octanol–water partition coefficient (Wildman–Crippen LogP) is 3.57. The number of aliphatic imine (C=N–C) groups is 1. The first-order valence-corrected chi connectivity index (χ1v) is 8.30. The van der Waals surface area contributed by atoms with Gasteiger partial charge in [0.05, 0.1) is 0 Å². The van der Waals surface area contributed by atoms with E-state index in [-0.39, 0.29) is 0 Å². The third kappa shape index (κ3) is 2.81. The Morgan fingerprint density at radius 3 is 2.71 bits per heavy atom. The molecule has 1 saturated heterocycles. The molecule has 0 aromatic carbocycles. The van der Waals surface area contributed by atoms with Crippen molar-refractivity contribution >= 4 is 16.9 Å². The van der Waals surface area contributed by atoms with Gasteiger partial charge in [0.15, 0.2) is 5.17 Å². The first kappa shape index (κ1) is 11.9. The van der Waals surface area contributed by atoms with Crippen molar-refractivity contribution in [3.8, 4) is 0 Å². The van der Waals surface area contributed by atoms with E-state index in [9.17, 15) is 0 Å². The van der Waals surface area contributed by atoms with Crippen LogP contribution in [0.25, 0.3) is 0 Å². The third-order valence-electron chi connectivity index (χ3n) is 4.69. The Kier molecular flexibility index (Phi) is 3.64. The molecule has 2 aliphatic carbocycles. The maximum Gasteiger partial charge on any atom is 0.157 e. The highest BCUT2D eigenvalue weighted by molar-refractivity contribution is 8.14. The standard InChI is InChI=1S/C14H24N2S/c1-2-8-14(9-3-1)11-17-13(16-14)15-10-7-12-5-4-6-12/h12H,1-11H2,(H,15,16). The Labute approximate surface area is 109 Å². The van der Waals surface area contributed by atoms with E-state index < -0.39 is 0 Å². The summed E-state index contributed by atoms with van der Waals surface area (Å²) in [6.45, 7) is 1.05. The van der Waals surface area contributed by atoms with Crippen LogP contribution in [0, 0.1) is 5.92 Å². The maximum atomic E-state index is 4.76. The van der Waals surface area contributed by atoms with Crippen LogP contribution in [0.15, 0.2) is 4.99 Å². The van der Waals surface area contributed by atoms with Gasteiger partial charge < -0.3 is 5.32 Å². The minimum absolute atomic E-state index is 0.429. The van der Waals surface area contributed by atoms with Gasteiger partial charge in [0.2, 0.25) is 0 Å². The molecule has 1 N–H and O–H groups in total. The van der Waals surface area contributed by atoms with Crippen LogP contribution in [0.3, 0.4) is 0 Å². The van der Waals surface area contributed by atoms with Crippen LogP contribution < -0.4 is 5.32 Å². The molecule has 3 aliphatic rings. The zero-order chi connectivity index (χ0) is 11.6. The SMILES string of the molecule is C1CCC2(CC1)CSC(=NCCC1CCC1)N2. The van der Waals surface area contributed by atoms with Crippen molar-refractivity contribution in [3.63, 3.8) is 0 Å². The summed E-state index contributed by atoms with van der Waals surface area (Å²) in [6.07, 6.45) is 12.7. The van der Waals surface area contributed by atoms with E-state index in [4.69, 9.17) is 4.99 Å². The Bertz CT molecular complexity index is 291. The summed E-state index contributed by atoms with van der Waals surface area (Å²) in [4.78, 5) is 4.76. The highest BCUT2D eigenvalue weighted by atomic mass is 32.2. The van der Waals surface area contributed by atoms with E-state index in [0.29, 0.717) is 5.54 Å². The second-order valence-corrected chi connectivity index (χ2v) is 6.99. The zero-order valence-electron chi connectivity index (χ0n) is 10.7. The quantitative estimate of drug-likeness (QED) is 0.830. The molecule has 3 heteroatoms. The van der Waals surface area contributed by atoms with Crippen molar-refractivity contribution in [3.05, 3.63) is 0 Å². The fourth-order valence-corrected chi connectivity index (χ4v) is 4.46. The highest BCUT2D eigenvalue weighted by Crippen LogP contribution is 2.36. The Hall–Kier alpha value is -0.180. The largest absolute Gasteiger partial charge is 0.359 e. The number of hydrogen-bond acceptors (Lipinski definition) is 2. The molecule has 0 aromatic rings. The fraction of sp³-hybridized carbons (Fsp3) is 0.929. The van der Waals surface area contributed by atoms with Crippen molar-refractivity contribution in [1.82, 2.24) is 5.32 Å². The van der Waals surface area contributed by atoms with Gasteiger partial charge in [-0.15, -0.1) is 0 Å². The first-order valence-electron chi connectivity index (χ1n) is 7.32. The summed E-state index contributed by atoms with van der Waals surface area (Å²) in [7, 11) is 0. The monoisotopic (exact) mass is 252 g/mol. The number of thioether (sulfide) groups is 1. The van der Waals surface area contributed by atoms with Crippen LogP contribution in [0.4, 0.5) is 0 Å². The number of amidine groups is 1. The topological polar surface area (TPSA) is 24.4 Å². The Morgan fingerprint density at radius 1 is 1.18 bits per heavy atom. The molecule has 1 heterocycles. The number of nitrogens with zero attached hydrogens (tertiary/aromatic N) is 1. The smallest absolute Gasteiger partial charge is 0.157 e. The lowest BCUT2D eigenvalue weighted by atomic mass is 9.83. The lowest BCUT2D eigenvalue weighted by molar-refractivity contribution is 0.298. The van der Waals surface area contributed by atoms with Gasteiger partial charge >= 0.3 is 0 Å². The summed E-state index contributed by atoms with van der Waals surface area (Å²) < 4.78 is 0. The summed E-state index contributed by atoms with van der Waals surface area (Å²) in [6, 6.07) is 0. The molecule has 0 bridgehead atoms. The molecular weight excluding hydrogens is 228 g/mol. The van der Waals surface area contributed by atoms with E-state index >= 15 is 0 Å². The highest BCUT2D eigenvalue weighted by Gasteiger charge is 2.37. The van der Waals surface area contributed by atoms with Gasteiger partial charge in [-0.2, -0.15) is 0 Å². The minimum atomic E-state index is 0.429. The fourth-order valence-electron chi connectivity index (χ4n) is 3.22. The Balaban J connectivity index is 1.46. The molecule has 0 aromatic heterocycles. The van der Waals surface area contributed by atoms with Gasteiger partial charge in [-0.3, -0.25) is 4.99 Å². The number of rotatable bonds is 3. The van der Waals surface area contributed by atoms with Crippen molar-refractivity contribution in [2.75, 3.05) is 12.3 Å². The van der Waals surface area contributed by atoms with Crippen LogP contribution in [0.1, 0.15) is 57.8 Å². The second-order valence-electron chi connectivity index (χ2n) is 6.03. The third-order valence-corrected chi connectivity index (χ3v) is 5.89. The molecule has 1 aliphatic heterocycles. The molecular formula is C14H24N2S. The molecule has 96 valence electrons. The van der Waals surface area contributed by atoms with Gasteiger partial charge in [-0.1, -0.05) is 50.3 Å². The lowest BCUT2D eigenvalue weighted by Crippen LogP contribution is -2.45. The van der Waals surface area contributed by atoms with Gasteiger partial charge in [0.25, 0.3) is 0 Å². The average Bonchev–Trinajstić information content (AvgIpc) is 2.66. The summed E-state index contributed by atoms with van der Waals surface area (Å²) >= 11 is 1.96. The zero-order valence-corrected chi connectivity index (χ0v) is 11.5. The molecule has 0 radical (unpaired) electrons. The average molecular weight is 252 g/mol. The minimum Gasteiger partial charge on any atom is -0.359 e. The normalized spacial score (nSPS) is 30.5. The molecule has 2 nitrogen and oxygen atoms in total. The van der Waals surface area contributed by atoms with Crippen molar-refractivity contribution < 1.29 is 0 Å². The molecule has 3 rings (SSSR count). The van der Waals surface area contributed by atoms with Crippen LogP contribution >= 0.6 is 11.8 Å². The Morgan fingerprint density at radius 2 is 2.00 bits per heavy atom. The second kappa shape index (κ2) is 5.21. The van der Waals surface area contributed by atoms with Gasteiger partial charge in [0, 0.05) is 17.8 Å². The van der Waals surface area contributed by atoms with Gasteiger partial charge in [-0.05, 0) is 25.2 Å². The molecule has 0 amide bonds. The first-order chi connectivity index (χ1) is 8.36. The van der Waals surface area contributed by atoms with Crippen molar-refractivity contribution in [2.24, 2.45) is 10.9 Å². The molecule has 17 heavy (non-hydrogen) atoms. The number of hydrogen-bond donors (Lipinski definition) is 1. The summed E-state index contributed by atoms with van der Waals surface area (Å²) in [5.41, 5.74) is 0.429. The van der Waals surface area contributed by atoms with Crippen LogP contribution in [-0.4, -0.2) is 23.0 Å². The van der Waals surface area contributed by atoms with E-state index in [2.05, 4.69) is 5.32 Å². The molecule has 0 atom stereocenters. The van der Waals surface area contributed by atoms with Gasteiger partial charge in [0.1, 0.15) is 0 Å². The number of nitrogens with one attached hydrogen (secondary N) is 1. The van der Waals surface area contributed by atoms with Gasteiger partial charge in [-0.25, -0.2) is 0 Å². The predicted molar refractivity (Wildman–Crippen MR) is 75.7 cm³/mol. The van der Waals surface area contributed by atoms with E-state index in [1.165, 1.54) is 68.7 Å². The lowest BCUT2D eigenvalue weighted by Gasteiger charge is -2.32. The van der Waals surface area contributed by atoms with Crippen molar-refractivity contribution in [2.45, 2.75) is 63.3 Å².